The minimum atomic E-state index is -1.48. The van der Waals surface area contributed by atoms with Gasteiger partial charge in [-0.15, -0.1) is 0 Å². The Hall–Kier alpha value is -1.87. The molecule has 1 aromatic rings. The molecule has 1 aliphatic carbocycles. The highest BCUT2D eigenvalue weighted by atomic mass is 16.3. The van der Waals surface area contributed by atoms with Crippen molar-refractivity contribution in [2.24, 2.45) is 5.92 Å². The van der Waals surface area contributed by atoms with Crippen LogP contribution in [0.2, 0.25) is 0 Å². The molecule has 0 spiro atoms. The van der Waals surface area contributed by atoms with Gasteiger partial charge in [-0.2, -0.15) is 0 Å². The fourth-order valence-corrected chi connectivity index (χ4v) is 3.14. The molecule has 1 saturated carbocycles. The normalized spacial score (nSPS) is 18.6. The van der Waals surface area contributed by atoms with E-state index in [1.165, 1.54) is 11.1 Å². The molecular weight excluding hydrogens is 262 g/mol. The Kier molecular flexibility index (Phi) is 4.97. The maximum atomic E-state index is 12.9. The molecule has 0 saturated heterocycles. The number of carbonyl (C=O) groups excluding carboxylic acids is 1. The fourth-order valence-electron chi connectivity index (χ4n) is 3.14. The van der Waals surface area contributed by atoms with Crippen LogP contribution in [-0.4, -0.2) is 15.9 Å². The van der Waals surface area contributed by atoms with Crippen LogP contribution in [0.4, 0.5) is 0 Å². The number of aliphatic hydroxyl groups is 1. The van der Waals surface area contributed by atoms with Gasteiger partial charge in [0.05, 0.1) is 0 Å². The summed E-state index contributed by atoms with van der Waals surface area (Å²) in [5.41, 5.74) is -0.816. The molecule has 0 radical (unpaired) electrons. The van der Waals surface area contributed by atoms with E-state index in [1.807, 2.05) is 37.3 Å². The topological polar surface area (TPSA) is 40.5 Å². The second kappa shape index (κ2) is 6.72. The lowest BCUT2D eigenvalue weighted by atomic mass is 9.79. The van der Waals surface area contributed by atoms with Gasteiger partial charge in [0.2, 0.25) is 0 Å². The molecule has 1 fully saturated rings. The van der Waals surface area contributed by atoms with E-state index < -0.39 is 5.60 Å². The SMILES string of the molecule is C=CN(/C=C\C)C(=O)C(O)(c1ccccc1)C1CCCC1. The summed E-state index contributed by atoms with van der Waals surface area (Å²) in [4.78, 5) is 14.3. The van der Waals surface area contributed by atoms with E-state index >= 15 is 0 Å². The summed E-state index contributed by atoms with van der Waals surface area (Å²) in [7, 11) is 0. The van der Waals surface area contributed by atoms with Crippen LogP contribution in [-0.2, 0) is 10.4 Å². The molecule has 1 aromatic carbocycles. The molecule has 21 heavy (non-hydrogen) atoms. The summed E-state index contributed by atoms with van der Waals surface area (Å²) in [6.45, 7) is 5.51. The van der Waals surface area contributed by atoms with Gasteiger partial charge in [0.1, 0.15) is 0 Å². The molecule has 0 heterocycles. The van der Waals surface area contributed by atoms with Gasteiger partial charge in [0.25, 0.3) is 5.91 Å². The third kappa shape index (κ3) is 2.93. The van der Waals surface area contributed by atoms with E-state index in [4.69, 9.17) is 0 Å². The summed E-state index contributed by atoms with van der Waals surface area (Å²) in [5.74, 6) is -0.367. The number of allylic oxidation sites excluding steroid dienone is 1. The third-order valence-corrected chi connectivity index (χ3v) is 4.23. The molecule has 0 bridgehead atoms. The van der Waals surface area contributed by atoms with Gasteiger partial charge in [-0.3, -0.25) is 9.69 Å². The van der Waals surface area contributed by atoms with E-state index in [0.29, 0.717) is 5.56 Å². The van der Waals surface area contributed by atoms with Gasteiger partial charge in [-0.25, -0.2) is 0 Å². The van der Waals surface area contributed by atoms with E-state index in [9.17, 15) is 9.90 Å². The molecule has 1 amide bonds. The van der Waals surface area contributed by atoms with Gasteiger partial charge in [0, 0.05) is 18.3 Å². The van der Waals surface area contributed by atoms with Crippen molar-refractivity contribution in [3.8, 4) is 0 Å². The molecule has 0 aromatic heterocycles. The molecule has 2 rings (SSSR count). The first kappa shape index (κ1) is 15.5. The predicted octanol–water partition coefficient (Wildman–Crippen LogP) is 3.57. The lowest BCUT2D eigenvalue weighted by Gasteiger charge is -2.35. The number of benzene rings is 1. The number of carbonyl (C=O) groups is 1. The van der Waals surface area contributed by atoms with E-state index in [-0.39, 0.29) is 11.8 Å². The zero-order valence-electron chi connectivity index (χ0n) is 12.5. The number of amides is 1. The highest BCUT2D eigenvalue weighted by Crippen LogP contribution is 2.41. The minimum Gasteiger partial charge on any atom is -0.375 e. The van der Waals surface area contributed by atoms with Gasteiger partial charge >= 0.3 is 0 Å². The van der Waals surface area contributed by atoms with Crippen molar-refractivity contribution < 1.29 is 9.90 Å². The average molecular weight is 285 g/mol. The number of nitrogens with zero attached hydrogens (tertiary/aromatic N) is 1. The minimum absolute atomic E-state index is 0.0416. The average Bonchev–Trinajstić information content (AvgIpc) is 3.07. The first-order chi connectivity index (χ1) is 10.1. The smallest absolute Gasteiger partial charge is 0.267 e. The van der Waals surface area contributed by atoms with Gasteiger partial charge in [-0.1, -0.05) is 55.8 Å². The van der Waals surface area contributed by atoms with Gasteiger partial charge in [0.15, 0.2) is 5.60 Å². The van der Waals surface area contributed by atoms with Crippen molar-refractivity contribution in [3.05, 3.63) is 61.0 Å². The molecule has 3 nitrogen and oxygen atoms in total. The molecule has 3 heteroatoms. The predicted molar refractivity (Wildman–Crippen MR) is 84.2 cm³/mol. The Balaban J connectivity index is 2.45. The molecule has 1 atom stereocenters. The Morgan fingerprint density at radius 1 is 1.33 bits per heavy atom. The van der Waals surface area contributed by atoms with Crippen LogP contribution in [0.1, 0.15) is 38.2 Å². The quantitative estimate of drug-likeness (QED) is 0.898. The number of rotatable bonds is 5. The molecule has 1 aliphatic rings. The third-order valence-electron chi connectivity index (χ3n) is 4.23. The van der Waals surface area contributed by atoms with Crippen molar-refractivity contribution in [3.63, 3.8) is 0 Å². The van der Waals surface area contributed by atoms with Gasteiger partial charge < -0.3 is 5.11 Å². The highest BCUT2D eigenvalue weighted by Gasteiger charge is 2.47. The van der Waals surface area contributed by atoms with Crippen molar-refractivity contribution >= 4 is 5.91 Å². The summed E-state index contributed by atoms with van der Waals surface area (Å²) in [6, 6.07) is 9.26. The summed E-state index contributed by atoms with van der Waals surface area (Å²) < 4.78 is 0. The van der Waals surface area contributed by atoms with Gasteiger partial charge in [-0.05, 0) is 25.3 Å². The summed E-state index contributed by atoms with van der Waals surface area (Å²) >= 11 is 0. The Morgan fingerprint density at radius 2 is 1.95 bits per heavy atom. The summed E-state index contributed by atoms with van der Waals surface area (Å²) in [5, 5.41) is 11.3. The maximum Gasteiger partial charge on any atom is 0.267 e. The zero-order chi connectivity index (χ0) is 15.3. The number of hydrogen-bond donors (Lipinski definition) is 1. The van der Waals surface area contributed by atoms with Crippen molar-refractivity contribution in [1.82, 2.24) is 4.90 Å². The van der Waals surface area contributed by atoms with E-state index in [2.05, 4.69) is 6.58 Å². The van der Waals surface area contributed by atoms with Crippen LogP contribution in [0.3, 0.4) is 0 Å². The fraction of sp³-hybridized carbons (Fsp3) is 0.389. The molecule has 0 aliphatic heterocycles. The largest absolute Gasteiger partial charge is 0.375 e. The maximum absolute atomic E-state index is 12.9. The lowest BCUT2D eigenvalue weighted by molar-refractivity contribution is -0.154. The first-order valence-electron chi connectivity index (χ1n) is 7.50. The Morgan fingerprint density at radius 3 is 2.48 bits per heavy atom. The molecule has 112 valence electrons. The monoisotopic (exact) mass is 285 g/mol. The molecule has 1 N–H and O–H groups in total. The zero-order valence-corrected chi connectivity index (χ0v) is 12.5. The second-order valence-corrected chi connectivity index (χ2v) is 5.49. The summed E-state index contributed by atoms with van der Waals surface area (Å²) in [6.07, 6.45) is 8.72. The van der Waals surface area contributed by atoms with Crippen molar-refractivity contribution in [1.29, 1.82) is 0 Å². The van der Waals surface area contributed by atoms with Crippen LogP contribution in [0, 0.1) is 5.92 Å². The van der Waals surface area contributed by atoms with Crippen LogP contribution >= 0.6 is 0 Å². The van der Waals surface area contributed by atoms with Crippen LogP contribution in [0.15, 0.2) is 55.4 Å². The standard InChI is InChI=1S/C18H23NO2/c1-3-14-19(4-2)17(20)18(21,16-12-8-9-13-16)15-10-6-5-7-11-15/h3-7,10-11,14,16,21H,2,8-9,12-13H2,1H3/b14-3-. The highest BCUT2D eigenvalue weighted by molar-refractivity contribution is 5.88. The lowest BCUT2D eigenvalue weighted by Crippen LogP contribution is -2.47. The van der Waals surface area contributed by atoms with Crippen LogP contribution < -0.4 is 0 Å². The Bertz CT molecular complexity index is 517. The van der Waals surface area contributed by atoms with E-state index in [1.54, 1.807) is 12.3 Å². The van der Waals surface area contributed by atoms with Crippen LogP contribution in [0.5, 0.6) is 0 Å². The first-order valence-corrected chi connectivity index (χ1v) is 7.50. The molecule has 1 unspecified atom stereocenters. The molecular formula is C18H23NO2. The Labute approximate surface area is 126 Å². The van der Waals surface area contributed by atoms with Crippen molar-refractivity contribution in [2.45, 2.75) is 38.2 Å². The van der Waals surface area contributed by atoms with E-state index in [0.717, 1.165) is 25.7 Å². The number of hydrogen-bond acceptors (Lipinski definition) is 2. The second-order valence-electron chi connectivity index (χ2n) is 5.49. The van der Waals surface area contributed by atoms with Crippen molar-refractivity contribution in [2.75, 3.05) is 0 Å². The van der Waals surface area contributed by atoms with Crippen LogP contribution in [0.25, 0.3) is 0 Å².